The summed E-state index contributed by atoms with van der Waals surface area (Å²) in [6.45, 7) is 1.68. The molecule has 6 heteroatoms. The van der Waals surface area contributed by atoms with E-state index in [-0.39, 0.29) is 5.56 Å². The molecule has 0 bridgehead atoms. The number of amides is 1. The Labute approximate surface area is 103 Å². The highest BCUT2D eigenvalue weighted by molar-refractivity contribution is 5.92. The predicted molar refractivity (Wildman–Crippen MR) is 64.6 cm³/mol. The van der Waals surface area contributed by atoms with Crippen LogP contribution in [0.5, 0.6) is 0 Å². The Morgan fingerprint density at radius 2 is 2.22 bits per heavy atom. The highest BCUT2D eigenvalue weighted by Crippen LogP contribution is 2.23. The molecule has 0 unspecified atom stereocenters. The van der Waals surface area contributed by atoms with Crippen molar-refractivity contribution in [3.05, 3.63) is 47.5 Å². The molecule has 0 saturated heterocycles. The average Bonchev–Trinajstić information content (AvgIpc) is 2.77. The van der Waals surface area contributed by atoms with Gasteiger partial charge < -0.3 is 11.5 Å². The molecule has 0 aliphatic heterocycles. The van der Waals surface area contributed by atoms with E-state index in [1.807, 2.05) is 0 Å². The summed E-state index contributed by atoms with van der Waals surface area (Å²) in [5.74, 6) is -0.987. The molecule has 0 aliphatic rings. The quantitative estimate of drug-likeness (QED) is 0.853. The number of hydrogen-bond donors (Lipinski definition) is 2. The summed E-state index contributed by atoms with van der Waals surface area (Å²) >= 11 is 0. The molecule has 4 N–H and O–H groups in total. The monoisotopic (exact) mass is 248 g/mol. The fourth-order valence-electron chi connectivity index (χ4n) is 1.76. The van der Waals surface area contributed by atoms with Crippen molar-refractivity contribution in [1.82, 2.24) is 9.78 Å². The van der Waals surface area contributed by atoms with Crippen LogP contribution in [0.3, 0.4) is 0 Å². The average molecular weight is 248 g/mol. The van der Waals surface area contributed by atoms with Gasteiger partial charge >= 0.3 is 0 Å². The van der Waals surface area contributed by atoms with Crippen LogP contribution >= 0.6 is 0 Å². The van der Waals surface area contributed by atoms with Gasteiger partial charge in [0.2, 0.25) is 0 Å². The minimum absolute atomic E-state index is 0.259. The van der Waals surface area contributed by atoms with E-state index in [1.165, 1.54) is 23.1 Å². The molecule has 0 fully saturated rings. The molecular weight excluding hydrogens is 235 g/mol. The largest absolute Gasteiger partial charge is 0.366 e. The third-order valence-corrected chi connectivity index (χ3v) is 2.60. The van der Waals surface area contributed by atoms with E-state index in [1.54, 1.807) is 19.1 Å². The van der Waals surface area contributed by atoms with Crippen molar-refractivity contribution in [1.29, 1.82) is 0 Å². The molecule has 1 aromatic heterocycles. The number of hydrogen-bond acceptors (Lipinski definition) is 3. The molecule has 0 aliphatic carbocycles. The lowest BCUT2D eigenvalue weighted by Crippen LogP contribution is -2.13. The molecule has 0 saturated carbocycles. The first kappa shape index (κ1) is 12.3. The van der Waals surface area contributed by atoms with Crippen LogP contribution in [0.1, 0.15) is 28.9 Å². The second-order valence-corrected chi connectivity index (χ2v) is 4.00. The van der Waals surface area contributed by atoms with Gasteiger partial charge in [0.25, 0.3) is 5.91 Å². The van der Waals surface area contributed by atoms with Crippen molar-refractivity contribution in [2.75, 3.05) is 0 Å². The Morgan fingerprint density at radius 3 is 2.78 bits per heavy atom. The topological polar surface area (TPSA) is 86.9 Å². The Balaban J connectivity index is 2.56. The smallest absolute Gasteiger partial charge is 0.251 e. The zero-order chi connectivity index (χ0) is 13.3. The Bertz CT molecular complexity index is 592. The van der Waals surface area contributed by atoms with Crippen LogP contribution in [-0.4, -0.2) is 15.7 Å². The fraction of sp³-hybridized carbons (Fsp3) is 0.167. The van der Waals surface area contributed by atoms with Gasteiger partial charge in [-0.05, 0) is 19.1 Å². The minimum Gasteiger partial charge on any atom is -0.366 e. The van der Waals surface area contributed by atoms with Crippen LogP contribution < -0.4 is 11.5 Å². The number of carbonyl (C=O) groups is 1. The molecule has 0 spiro atoms. The van der Waals surface area contributed by atoms with Crippen molar-refractivity contribution in [2.45, 2.75) is 13.0 Å². The van der Waals surface area contributed by atoms with Crippen LogP contribution in [0.25, 0.3) is 5.69 Å². The predicted octanol–water partition coefficient (Wildman–Crippen LogP) is 1.13. The molecule has 1 heterocycles. The van der Waals surface area contributed by atoms with Gasteiger partial charge in [-0.1, -0.05) is 6.07 Å². The van der Waals surface area contributed by atoms with Crippen LogP contribution in [0.2, 0.25) is 0 Å². The molecule has 1 atom stereocenters. The second-order valence-electron chi connectivity index (χ2n) is 4.00. The lowest BCUT2D eigenvalue weighted by atomic mass is 10.1. The third-order valence-electron chi connectivity index (χ3n) is 2.60. The number of nitrogens with zero attached hydrogens (tertiary/aromatic N) is 2. The summed E-state index contributed by atoms with van der Waals surface area (Å²) < 4.78 is 15.1. The summed E-state index contributed by atoms with van der Waals surface area (Å²) in [6.07, 6.45) is 2.78. The van der Waals surface area contributed by atoms with Gasteiger partial charge in [-0.15, -0.1) is 0 Å². The highest BCUT2D eigenvalue weighted by Gasteiger charge is 2.15. The highest BCUT2D eigenvalue weighted by atomic mass is 19.1. The van der Waals surface area contributed by atoms with Crippen LogP contribution in [0.15, 0.2) is 30.6 Å². The maximum atomic E-state index is 13.7. The lowest BCUT2D eigenvalue weighted by Gasteiger charge is -2.13. The second kappa shape index (κ2) is 4.58. The van der Waals surface area contributed by atoms with E-state index in [9.17, 15) is 9.18 Å². The van der Waals surface area contributed by atoms with Crippen molar-refractivity contribution in [3.63, 3.8) is 0 Å². The first-order valence-corrected chi connectivity index (χ1v) is 5.39. The van der Waals surface area contributed by atoms with Gasteiger partial charge in [0.05, 0.1) is 17.4 Å². The maximum Gasteiger partial charge on any atom is 0.251 e. The van der Waals surface area contributed by atoms with Gasteiger partial charge in [-0.25, -0.2) is 9.07 Å². The van der Waals surface area contributed by atoms with Crippen molar-refractivity contribution in [3.8, 4) is 5.69 Å². The zero-order valence-corrected chi connectivity index (χ0v) is 9.80. The molecule has 18 heavy (non-hydrogen) atoms. The fourth-order valence-corrected chi connectivity index (χ4v) is 1.76. The van der Waals surface area contributed by atoms with Crippen molar-refractivity contribution >= 4 is 5.91 Å². The molecule has 94 valence electrons. The van der Waals surface area contributed by atoms with E-state index in [2.05, 4.69) is 5.10 Å². The number of benzene rings is 1. The number of carbonyl (C=O) groups excluding carboxylic acids is 1. The number of rotatable bonds is 3. The maximum absolute atomic E-state index is 13.7. The van der Waals surface area contributed by atoms with Crippen LogP contribution in [0.4, 0.5) is 4.39 Å². The van der Waals surface area contributed by atoms with Crippen molar-refractivity contribution < 1.29 is 9.18 Å². The van der Waals surface area contributed by atoms with E-state index in [0.717, 1.165) is 0 Å². The summed E-state index contributed by atoms with van der Waals surface area (Å²) in [5.41, 5.74) is 12.0. The Morgan fingerprint density at radius 1 is 1.50 bits per heavy atom. The summed E-state index contributed by atoms with van der Waals surface area (Å²) in [5, 5.41) is 3.99. The Kier molecular flexibility index (Phi) is 3.12. The first-order valence-electron chi connectivity index (χ1n) is 5.39. The van der Waals surface area contributed by atoms with E-state index < -0.39 is 17.8 Å². The van der Waals surface area contributed by atoms with Crippen molar-refractivity contribution in [2.24, 2.45) is 11.5 Å². The summed E-state index contributed by atoms with van der Waals surface area (Å²) in [7, 11) is 0. The number of halogens is 1. The summed E-state index contributed by atoms with van der Waals surface area (Å²) in [4.78, 5) is 11.0. The molecular formula is C12H13FN4O. The zero-order valence-electron chi connectivity index (χ0n) is 9.80. The molecule has 2 rings (SSSR count). The third kappa shape index (κ3) is 2.10. The van der Waals surface area contributed by atoms with Gasteiger partial charge in [0, 0.05) is 17.8 Å². The van der Waals surface area contributed by atoms with E-state index >= 15 is 0 Å². The molecule has 0 radical (unpaired) electrons. The first-order chi connectivity index (χ1) is 8.50. The number of primary amides is 1. The molecule has 1 amide bonds. The Hall–Kier alpha value is -2.21. The van der Waals surface area contributed by atoms with Crippen LogP contribution in [-0.2, 0) is 0 Å². The van der Waals surface area contributed by atoms with Gasteiger partial charge in [-0.3, -0.25) is 4.79 Å². The van der Waals surface area contributed by atoms with Gasteiger partial charge in [0.1, 0.15) is 5.82 Å². The van der Waals surface area contributed by atoms with E-state index in [4.69, 9.17) is 11.5 Å². The molecule has 1 aromatic carbocycles. The molecule has 5 nitrogen and oxygen atoms in total. The van der Waals surface area contributed by atoms with Crippen LogP contribution in [0, 0.1) is 5.82 Å². The minimum atomic E-state index is -0.583. The normalized spacial score (nSPS) is 12.4. The van der Waals surface area contributed by atoms with Gasteiger partial charge in [-0.2, -0.15) is 5.10 Å². The van der Waals surface area contributed by atoms with Gasteiger partial charge in [0.15, 0.2) is 0 Å². The van der Waals surface area contributed by atoms with E-state index in [0.29, 0.717) is 11.3 Å². The SMILES string of the molecule is C[C@@H](N)c1c(F)cccc1-n1cc(C(N)=O)cn1. The number of aromatic nitrogens is 2. The summed E-state index contributed by atoms with van der Waals surface area (Å²) in [6, 6.07) is 4.09. The molecule has 2 aromatic rings. The lowest BCUT2D eigenvalue weighted by molar-refractivity contribution is 0.100. The number of nitrogens with two attached hydrogens (primary N) is 2. The standard InChI is InChI=1S/C12H13FN4O/c1-7(14)11-9(13)3-2-4-10(11)17-6-8(5-16-17)12(15)18/h2-7H,14H2,1H3,(H2,15,18)/t7-/m1/s1.